The molecule has 1 aromatic rings. The lowest BCUT2D eigenvalue weighted by Crippen LogP contribution is -2.50. The highest BCUT2D eigenvalue weighted by atomic mass is 35.5. The van der Waals surface area contributed by atoms with E-state index >= 15 is 0 Å². The zero-order valence-corrected chi connectivity index (χ0v) is 11.1. The van der Waals surface area contributed by atoms with Crippen LogP contribution in [0.15, 0.2) is 18.2 Å². The Morgan fingerprint density at radius 1 is 1.44 bits per heavy atom. The van der Waals surface area contributed by atoms with E-state index in [0.717, 1.165) is 25.8 Å². The summed E-state index contributed by atoms with van der Waals surface area (Å²) in [5.41, 5.74) is 0.00918. The number of piperidine rings is 1. The van der Waals surface area contributed by atoms with Gasteiger partial charge in [0, 0.05) is 12.0 Å². The van der Waals surface area contributed by atoms with Gasteiger partial charge in [0.1, 0.15) is 6.29 Å². The molecule has 0 aromatic heterocycles. The summed E-state index contributed by atoms with van der Waals surface area (Å²) in [5, 5.41) is 13.1. The predicted octanol–water partition coefficient (Wildman–Crippen LogP) is 2.50. The summed E-state index contributed by atoms with van der Waals surface area (Å²) in [5.74, 6) is 0.413. The average Bonchev–Trinajstić information content (AvgIpc) is 2.32. The second-order valence-electron chi connectivity index (χ2n) is 4.56. The molecule has 5 heteroatoms. The van der Waals surface area contributed by atoms with Crippen molar-refractivity contribution in [3.63, 3.8) is 0 Å². The molecule has 18 heavy (non-hydrogen) atoms. The third-order valence-electron chi connectivity index (χ3n) is 3.03. The molecule has 0 unspecified atom stereocenters. The van der Waals surface area contributed by atoms with Gasteiger partial charge in [-0.2, -0.15) is 0 Å². The zero-order valence-electron chi connectivity index (χ0n) is 10.3. The number of phenols is 1. The number of aromatic hydroxyl groups is 1. The maximum atomic E-state index is 10.6. The zero-order chi connectivity index (χ0) is 12.3. The van der Waals surface area contributed by atoms with Crippen LogP contribution in [0, 0.1) is 0 Å². The SMILES string of the molecule is C[C@@]1(Oc2ccc(C=O)cc2O)CCCCN1.Cl. The Balaban J connectivity index is 0.00000162. The van der Waals surface area contributed by atoms with Crippen LogP contribution in [-0.2, 0) is 0 Å². The minimum absolute atomic E-state index is 0. The number of benzene rings is 1. The van der Waals surface area contributed by atoms with Crippen molar-refractivity contribution in [1.29, 1.82) is 0 Å². The molecular formula is C13H18ClNO3. The normalized spacial score (nSPS) is 22.9. The molecule has 1 atom stereocenters. The first-order chi connectivity index (χ1) is 8.13. The molecule has 2 N–H and O–H groups in total. The standard InChI is InChI=1S/C13H17NO3.ClH/c1-13(6-2-3-7-14-13)17-12-5-4-10(9-15)8-11(12)16;/h4-5,8-9,14,16H,2-3,6-7H2,1H3;1H/t13-;/m1./s1. The fraction of sp³-hybridized carbons (Fsp3) is 0.462. The van der Waals surface area contributed by atoms with Crippen LogP contribution < -0.4 is 10.1 Å². The Bertz CT molecular complexity index is 417. The van der Waals surface area contributed by atoms with Gasteiger partial charge in [-0.05, 0) is 44.5 Å². The van der Waals surface area contributed by atoms with Gasteiger partial charge >= 0.3 is 0 Å². The molecule has 1 fully saturated rings. The lowest BCUT2D eigenvalue weighted by molar-refractivity contribution is 0.0232. The second kappa shape index (κ2) is 6.07. The lowest BCUT2D eigenvalue weighted by atomic mass is 10.0. The molecule has 0 bridgehead atoms. The van der Waals surface area contributed by atoms with E-state index in [0.29, 0.717) is 17.6 Å². The fourth-order valence-electron chi connectivity index (χ4n) is 2.05. The van der Waals surface area contributed by atoms with E-state index in [1.165, 1.54) is 6.07 Å². The van der Waals surface area contributed by atoms with Crippen molar-refractivity contribution in [1.82, 2.24) is 5.32 Å². The fourth-order valence-corrected chi connectivity index (χ4v) is 2.05. The number of halogens is 1. The molecule has 2 rings (SSSR count). The Morgan fingerprint density at radius 2 is 2.22 bits per heavy atom. The number of phenolic OH excluding ortho intramolecular Hbond substituents is 1. The number of hydrogen-bond donors (Lipinski definition) is 2. The highest BCUT2D eigenvalue weighted by molar-refractivity contribution is 5.85. The van der Waals surface area contributed by atoms with Crippen molar-refractivity contribution < 1.29 is 14.6 Å². The van der Waals surface area contributed by atoms with Crippen molar-refractivity contribution in [3.05, 3.63) is 23.8 Å². The van der Waals surface area contributed by atoms with Gasteiger partial charge in [0.15, 0.2) is 17.2 Å². The first-order valence-electron chi connectivity index (χ1n) is 5.85. The monoisotopic (exact) mass is 271 g/mol. The number of carbonyl (C=O) groups excluding carboxylic acids is 1. The van der Waals surface area contributed by atoms with Gasteiger partial charge in [-0.3, -0.25) is 10.1 Å². The quantitative estimate of drug-likeness (QED) is 0.830. The van der Waals surface area contributed by atoms with Crippen molar-refractivity contribution in [2.75, 3.05) is 6.54 Å². The van der Waals surface area contributed by atoms with Crippen LogP contribution in [0.4, 0.5) is 0 Å². The van der Waals surface area contributed by atoms with E-state index in [4.69, 9.17) is 4.74 Å². The largest absolute Gasteiger partial charge is 0.504 e. The first-order valence-corrected chi connectivity index (χ1v) is 5.85. The molecular weight excluding hydrogens is 254 g/mol. The van der Waals surface area contributed by atoms with E-state index in [1.807, 2.05) is 6.92 Å². The van der Waals surface area contributed by atoms with E-state index in [1.54, 1.807) is 12.1 Å². The summed E-state index contributed by atoms with van der Waals surface area (Å²) in [7, 11) is 0. The van der Waals surface area contributed by atoms with E-state index in [-0.39, 0.29) is 18.2 Å². The van der Waals surface area contributed by atoms with Crippen molar-refractivity contribution >= 4 is 18.7 Å². The molecule has 100 valence electrons. The van der Waals surface area contributed by atoms with Gasteiger partial charge in [-0.25, -0.2) is 0 Å². The van der Waals surface area contributed by atoms with Crippen molar-refractivity contribution in [3.8, 4) is 11.5 Å². The van der Waals surface area contributed by atoms with Gasteiger partial charge in [0.05, 0.1) is 0 Å². The minimum Gasteiger partial charge on any atom is -0.504 e. The number of ether oxygens (including phenoxy) is 1. The van der Waals surface area contributed by atoms with Crippen LogP contribution in [0.3, 0.4) is 0 Å². The topological polar surface area (TPSA) is 58.6 Å². The Labute approximate surface area is 113 Å². The molecule has 1 saturated heterocycles. The van der Waals surface area contributed by atoms with Crippen LogP contribution in [0.25, 0.3) is 0 Å². The first kappa shape index (κ1) is 14.8. The van der Waals surface area contributed by atoms with Gasteiger partial charge in [-0.1, -0.05) is 0 Å². The van der Waals surface area contributed by atoms with Crippen LogP contribution in [0.1, 0.15) is 36.5 Å². The molecule has 0 spiro atoms. The molecule has 1 aliphatic rings. The third kappa shape index (κ3) is 3.37. The average molecular weight is 272 g/mol. The van der Waals surface area contributed by atoms with Gasteiger partial charge in [-0.15, -0.1) is 12.4 Å². The highest BCUT2D eigenvalue weighted by Crippen LogP contribution is 2.31. The van der Waals surface area contributed by atoms with Crippen LogP contribution in [-0.4, -0.2) is 23.7 Å². The Hall–Kier alpha value is -1.26. The highest BCUT2D eigenvalue weighted by Gasteiger charge is 2.28. The maximum absolute atomic E-state index is 10.6. The molecule has 0 amide bonds. The molecule has 0 radical (unpaired) electrons. The summed E-state index contributed by atoms with van der Waals surface area (Å²) >= 11 is 0. The van der Waals surface area contributed by atoms with Gasteiger partial charge in [0.2, 0.25) is 0 Å². The van der Waals surface area contributed by atoms with Gasteiger partial charge < -0.3 is 9.84 Å². The molecule has 1 heterocycles. The second-order valence-corrected chi connectivity index (χ2v) is 4.56. The summed E-state index contributed by atoms with van der Waals surface area (Å²) in [6.45, 7) is 2.89. The van der Waals surface area contributed by atoms with E-state index < -0.39 is 5.72 Å². The third-order valence-corrected chi connectivity index (χ3v) is 3.03. The number of aldehydes is 1. The molecule has 4 nitrogen and oxygen atoms in total. The minimum atomic E-state index is -0.432. The molecule has 1 aromatic carbocycles. The smallest absolute Gasteiger partial charge is 0.163 e. The Morgan fingerprint density at radius 3 is 2.78 bits per heavy atom. The van der Waals surface area contributed by atoms with E-state index in [2.05, 4.69) is 5.32 Å². The maximum Gasteiger partial charge on any atom is 0.163 e. The summed E-state index contributed by atoms with van der Waals surface area (Å²) in [6.07, 6.45) is 3.86. The van der Waals surface area contributed by atoms with Crippen molar-refractivity contribution in [2.24, 2.45) is 0 Å². The lowest BCUT2D eigenvalue weighted by Gasteiger charge is -2.35. The summed E-state index contributed by atoms with van der Waals surface area (Å²) < 4.78 is 5.80. The van der Waals surface area contributed by atoms with Crippen LogP contribution in [0.2, 0.25) is 0 Å². The number of nitrogens with one attached hydrogen (secondary N) is 1. The Kier molecular flexibility index (Phi) is 4.99. The van der Waals surface area contributed by atoms with E-state index in [9.17, 15) is 9.90 Å². The summed E-state index contributed by atoms with van der Waals surface area (Å²) in [6, 6.07) is 4.67. The van der Waals surface area contributed by atoms with Crippen LogP contribution in [0.5, 0.6) is 11.5 Å². The number of carbonyl (C=O) groups is 1. The predicted molar refractivity (Wildman–Crippen MR) is 71.6 cm³/mol. The van der Waals surface area contributed by atoms with Gasteiger partial charge in [0.25, 0.3) is 0 Å². The molecule has 0 aliphatic carbocycles. The number of hydrogen-bond acceptors (Lipinski definition) is 4. The van der Waals surface area contributed by atoms with Crippen LogP contribution >= 0.6 is 12.4 Å². The number of rotatable bonds is 3. The van der Waals surface area contributed by atoms with Crippen molar-refractivity contribution in [2.45, 2.75) is 31.9 Å². The molecule has 0 saturated carbocycles. The molecule has 1 aliphatic heterocycles. The summed E-state index contributed by atoms with van der Waals surface area (Å²) in [4.78, 5) is 10.6.